The van der Waals surface area contributed by atoms with Gasteiger partial charge >= 0.3 is 0 Å². The highest BCUT2D eigenvalue weighted by Gasteiger charge is 2.18. The van der Waals surface area contributed by atoms with Crippen LogP contribution in [0.1, 0.15) is 11.7 Å². The normalized spacial score (nSPS) is 13.9. The Hall–Kier alpha value is -0.460. The Bertz CT molecular complexity index is 458. The van der Waals surface area contributed by atoms with Gasteiger partial charge in [-0.05, 0) is 27.6 Å². The lowest BCUT2D eigenvalue weighted by atomic mass is 10.1. The summed E-state index contributed by atoms with van der Waals surface area (Å²) in [5, 5.41) is 9.59. The quantitative estimate of drug-likeness (QED) is 0.923. The van der Waals surface area contributed by atoms with Gasteiger partial charge in [-0.2, -0.15) is 0 Å². The van der Waals surface area contributed by atoms with Gasteiger partial charge in [0.15, 0.2) is 0 Å². The molecule has 3 nitrogen and oxygen atoms in total. The number of benzene rings is 1. The maximum absolute atomic E-state index is 13.1. The molecule has 0 saturated carbocycles. The highest BCUT2D eigenvalue weighted by Crippen LogP contribution is 2.26. The molecule has 0 bridgehead atoms. The first kappa shape index (κ1) is 12.6. The molecule has 1 N–H and O–H groups in total. The molecule has 1 atom stereocenters. The number of halogens is 2. The summed E-state index contributed by atoms with van der Waals surface area (Å²) < 4.78 is 35.0. The van der Waals surface area contributed by atoms with Gasteiger partial charge in [-0.25, -0.2) is 12.8 Å². The monoisotopic (exact) mass is 296 g/mol. The third-order valence-electron chi connectivity index (χ3n) is 1.80. The Morgan fingerprint density at radius 3 is 2.67 bits per heavy atom. The largest absolute Gasteiger partial charge is 0.387 e. The van der Waals surface area contributed by atoms with Gasteiger partial charge in [0.25, 0.3) is 0 Å². The Labute approximate surface area is 96.0 Å². The lowest BCUT2D eigenvalue weighted by molar-refractivity contribution is 0.200. The molecule has 0 saturated heterocycles. The van der Waals surface area contributed by atoms with E-state index in [0.717, 1.165) is 6.26 Å². The number of rotatable bonds is 3. The molecule has 0 heterocycles. The Kier molecular flexibility index (Phi) is 3.86. The third-order valence-corrected chi connectivity index (χ3v) is 3.56. The van der Waals surface area contributed by atoms with Gasteiger partial charge in [-0.3, -0.25) is 0 Å². The number of hydrogen-bond donors (Lipinski definition) is 1. The first-order valence-electron chi connectivity index (χ1n) is 4.11. The van der Waals surface area contributed by atoms with Crippen LogP contribution in [-0.2, 0) is 9.84 Å². The van der Waals surface area contributed by atoms with Crippen LogP contribution in [0.15, 0.2) is 22.7 Å². The van der Waals surface area contributed by atoms with Crippen LogP contribution in [0.4, 0.5) is 4.39 Å². The van der Waals surface area contributed by atoms with Crippen molar-refractivity contribution in [1.82, 2.24) is 0 Å². The van der Waals surface area contributed by atoms with Gasteiger partial charge in [0, 0.05) is 6.26 Å². The van der Waals surface area contributed by atoms with E-state index in [9.17, 15) is 17.9 Å². The molecular formula is C9H10BrFO3S. The molecule has 1 rings (SSSR count). The number of aliphatic hydroxyl groups excluding tert-OH is 1. The topological polar surface area (TPSA) is 54.4 Å². The Morgan fingerprint density at radius 2 is 2.13 bits per heavy atom. The van der Waals surface area contributed by atoms with E-state index in [4.69, 9.17) is 0 Å². The lowest BCUT2D eigenvalue weighted by Crippen LogP contribution is -2.13. The van der Waals surface area contributed by atoms with Crippen molar-refractivity contribution in [3.05, 3.63) is 34.1 Å². The van der Waals surface area contributed by atoms with Gasteiger partial charge in [-0.15, -0.1) is 0 Å². The SMILES string of the molecule is CS(=O)(=O)CC(O)c1cccc(F)c1Br. The van der Waals surface area contributed by atoms with Gasteiger partial charge in [0.2, 0.25) is 0 Å². The van der Waals surface area contributed by atoms with Crippen LogP contribution in [0.3, 0.4) is 0 Å². The van der Waals surface area contributed by atoms with Crippen LogP contribution in [0, 0.1) is 5.82 Å². The van der Waals surface area contributed by atoms with Crippen LogP contribution in [-0.4, -0.2) is 25.5 Å². The average Bonchev–Trinajstić information content (AvgIpc) is 2.06. The summed E-state index contributed by atoms with van der Waals surface area (Å²) in [6.07, 6.45) is -0.200. The summed E-state index contributed by atoms with van der Waals surface area (Å²) in [5.41, 5.74) is 0.237. The van der Waals surface area contributed by atoms with Crippen molar-refractivity contribution in [2.75, 3.05) is 12.0 Å². The highest BCUT2D eigenvalue weighted by molar-refractivity contribution is 9.10. The van der Waals surface area contributed by atoms with Gasteiger partial charge < -0.3 is 5.11 Å². The molecule has 0 aliphatic heterocycles. The van der Waals surface area contributed by atoms with E-state index >= 15 is 0 Å². The van der Waals surface area contributed by atoms with Crippen molar-refractivity contribution >= 4 is 25.8 Å². The molecular weight excluding hydrogens is 287 g/mol. The molecule has 1 aromatic carbocycles. The molecule has 1 aromatic rings. The molecule has 0 aliphatic carbocycles. The molecule has 0 fully saturated rings. The van der Waals surface area contributed by atoms with Crippen LogP contribution < -0.4 is 0 Å². The van der Waals surface area contributed by atoms with Crippen LogP contribution >= 0.6 is 15.9 Å². The fourth-order valence-electron chi connectivity index (χ4n) is 1.15. The molecule has 15 heavy (non-hydrogen) atoms. The van der Waals surface area contributed by atoms with E-state index in [-0.39, 0.29) is 10.0 Å². The zero-order chi connectivity index (χ0) is 11.6. The fourth-order valence-corrected chi connectivity index (χ4v) is 2.44. The number of hydrogen-bond acceptors (Lipinski definition) is 3. The van der Waals surface area contributed by atoms with Gasteiger partial charge in [-0.1, -0.05) is 12.1 Å². The summed E-state index contributed by atoms with van der Waals surface area (Å²) in [7, 11) is -3.29. The number of aliphatic hydroxyl groups is 1. The maximum atomic E-state index is 13.1. The van der Waals surface area contributed by atoms with Gasteiger partial charge in [0.1, 0.15) is 15.7 Å². The molecule has 6 heteroatoms. The highest BCUT2D eigenvalue weighted by atomic mass is 79.9. The van der Waals surface area contributed by atoms with Crippen LogP contribution in [0.2, 0.25) is 0 Å². The summed E-state index contributed by atoms with van der Waals surface area (Å²) in [5.74, 6) is -0.949. The van der Waals surface area contributed by atoms with Gasteiger partial charge in [0.05, 0.1) is 16.3 Å². The van der Waals surface area contributed by atoms with Crippen molar-refractivity contribution in [3.8, 4) is 0 Å². The molecule has 84 valence electrons. The molecule has 1 unspecified atom stereocenters. The Morgan fingerprint density at radius 1 is 1.53 bits per heavy atom. The molecule has 0 aromatic heterocycles. The number of sulfone groups is 1. The summed E-state index contributed by atoms with van der Waals surface area (Å²) >= 11 is 2.96. The van der Waals surface area contributed by atoms with E-state index in [1.807, 2.05) is 0 Å². The van der Waals surface area contributed by atoms with Crippen LogP contribution in [0.25, 0.3) is 0 Å². The standard InChI is InChI=1S/C9H10BrFO3S/c1-15(13,14)5-8(12)6-3-2-4-7(11)9(6)10/h2-4,8,12H,5H2,1H3. The van der Waals surface area contributed by atoms with E-state index in [1.165, 1.54) is 18.2 Å². The third kappa shape index (κ3) is 3.55. The van der Waals surface area contributed by atoms with E-state index in [1.54, 1.807) is 0 Å². The zero-order valence-electron chi connectivity index (χ0n) is 7.94. The van der Waals surface area contributed by atoms with Crippen molar-refractivity contribution in [2.24, 2.45) is 0 Å². The predicted octanol–water partition coefficient (Wildman–Crippen LogP) is 1.67. The minimum absolute atomic E-state index is 0.0983. The average molecular weight is 297 g/mol. The first-order chi connectivity index (χ1) is 6.81. The van der Waals surface area contributed by atoms with Crippen molar-refractivity contribution in [3.63, 3.8) is 0 Å². The summed E-state index contributed by atoms with van der Waals surface area (Å²) in [4.78, 5) is 0. The van der Waals surface area contributed by atoms with Crippen molar-refractivity contribution in [1.29, 1.82) is 0 Å². The molecule has 0 spiro atoms. The zero-order valence-corrected chi connectivity index (χ0v) is 10.3. The lowest BCUT2D eigenvalue weighted by Gasteiger charge is -2.11. The first-order valence-corrected chi connectivity index (χ1v) is 6.96. The molecule has 0 aliphatic rings. The second kappa shape index (κ2) is 4.59. The maximum Gasteiger partial charge on any atom is 0.150 e. The summed E-state index contributed by atoms with van der Waals surface area (Å²) in [6.45, 7) is 0. The van der Waals surface area contributed by atoms with Crippen molar-refractivity contribution < 1.29 is 17.9 Å². The molecule has 0 amide bonds. The predicted molar refractivity (Wildman–Crippen MR) is 58.8 cm³/mol. The minimum Gasteiger partial charge on any atom is -0.387 e. The second-order valence-electron chi connectivity index (χ2n) is 3.25. The smallest absolute Gasteiger partial charge is 0.150 e. The minimum atomic E-state index is -3.29. The van der Waals surface area contributed by atoms with Crippen molar-refractivity contribution in [2.45, 2.75) is 6.10 Å². The van der Waals surface area contributed by atoms with E-state index < -0.39 is 27.5 Å². The fraction of sp³-hybridized carbons (Fsp3) is 0.333. The summed E-state index contributed by atoms with van der Waals surface area (Å²) in [6, 6.07) is 4.12. The second-order valence-corrected chi connectivity index (χ2v) is 6.23. The van der Waals surface area contributed by atoms with E-state index in [0.29, 0.717) is 0 Å². The van der Waals surface area contributed by atoms with E-state index in [2.05, 4.69) is 15.9 Å². The van der Waals surface area contributed by atoms with Crippen LogP contribution in [0.5, 0.6) is 0 Å². The molecule has 0 radical (unpaired) electrons. The Balaban J connectivity index is 3.02.